The average molecular weight is 503 g/mol. The van der Waals surface area contributed by atoms with Crippen LogP contribution in [0, 0.1) is 5.92 Å². The first-order chi connectivity index (χ1) is 16.5. The van der Waals surface area contributed by atoms with Crippen LogP contribution in [0.4, 0.5) is 5.82 Å². The van der Waals surface area contributed by atoms with Gasteiger partial charge in [-0.1, -0.05) is 23.2 Å². The van der Waals surface area contributed by atoms with Gasteiger partial charge < -0.3 is 9.80 Å². The van der Waals surface area contributed by atoms with Crippen molar-refractivity contribution in [3.05, 3.63) is 52.1 Å². The molecule has 3 aliphatic rings. The first-order valence-corrected chi connectivity index (χ1v) is 12.1. The van der Waals surface area contributed by atoms with Gasteiger partial charge in [0.25, 0.3) is 5.91 Å². The molecule has 1 unspecified atom stereocenters. The summed E-state index contributed by atoms with van der Waals surface area (Å²) in [5, 5.41) is 1.59. The molecule has 1 aliphatic carbocycles. The Balaban J connectivity index is 1.55. The van der Waals surface area contributed by atoms with Gasteiger partial charge in [0.2, 0.25) is 0 Å². The largest absolute Gasteiger partial charge is 0.372 e. The lowest BCUT2D eigenvalue weighted by Crippen LogP contribution is -2.38. The van der Waals surface area contributed by atoms with Gasteiger partial charge in [0, 0.05) is 60.0 Å². The van der Waals surface area contributed by atoms with E-state index in [1.165, 1.54) is 6.33 Å². The Morgan fingerprint density at radius 1 is 1.21 bits per heavy atom. The van der Waals surface area contributed by atoms with Gasteiger partial charge in [-0.2, -0.15) is 0 Å². The molecule has 1 atom stereocenters. The molecule has 4 rings (SSSR count). The quantitative estimate of drug-likeness (QED) is 0.654. The van der Waals surface area contributed by atoms with E-state index in [0.717, 1.165) is 48.2 Å². The lowest BCUT2D eigenvalue weighted by atomic mass is 9.99. The van der Waals surface area contributed by atoms with E-state index in [4.69, 9.17) is 23.2 Å². The smallest absolute Gasteiger partial charge is 0.272 e. The molecule has 1 aromatic heterocycles. The number of halogens is 2. The molecule has 34 heavy (non-hydrogen) atoms. The fourth-order valence-electron chi connectivity index (χ4n) is 4.05. The van der Waals surface area contributed by atoms with Crippen molar-refractivity contribution in [3.63, 3.8) is 0 Å². The second-order valence-corrected chi connectivity index (χ2v) is 9.28. The third-order valence-electron chi connectivity index (χ3n) is 5.90. The summed E-state index contributed by atoms with van der Waals surface area (Å²) in [6.07, 6.45) is 11.4. The maximum atomic E-state index is 12.7. The van der Waals surface area contributed by atoms with Crippen molar-refractivity contribution in [2.75, 3.05) is 32.7 Å². The zero-order chi connectivity index (χ0) is 23.9. The van der Waals surface area contributed by atoms with Crippen molar-refractivity contribution in [1.29, 1.82) is 0 Å². The molecule has 3 heterocycles. The molecule has 1 aromatic rings. The lowest BCUT2D eigenvalue weighted by molar-refractivity contribution is 0.0787. The number of hydrogen-bond donors (Lipinski definition) is 2. The molecule has 0 radical (unpaired) electrons. The first kappa shape index (κ1) is 24.2. The lowest BCUT2D eigenvalue weighted by Gasteiger charge is -2.31. The fraction of sp³-hybridized carbons (Fsp3) is 0.435. The Morgan fingerprint density at radius 3 is 2.85 bits per heavy atom. The van der Waals surface area contributed by atoms with E-state index < -0.39 is 0 Å². The van der Waals surface area contributed by atoms with Crippen molar-refractivity contribution in [2.45, 2.75) is 26.2 Å². The van der Waals surface area contributed by atoms with Crippen molar-refractivity contribution >= 4 is 47.1 Å². The van der Waals surface area contributed by atoms with Crippen LogP contribution in [-0.4, -0.2) is 70.6 Å². The second-order valence-electron chi connectivity index (χ2n) is 8.36. The summed E-state index contributed by atoms with van der Waals surface area (Å²) in [4.78, 5) is 34.1. The predicted molar refractivity (Wildman–Crippen MR) is 135 cm³/mol. The average Bonchev–Trinajstić information content (AvgIpc) is 3.37. The summed E-state index contributed by atoms with van der Waals surface area (Å²) < 4.78 is 0. The normalized spacial score (nSPS) is 24.0. The maximum absolute atomic E-state index is 12.7. The SMILES string of the molecule is C/C1=C\C(=Nc2cc(C(=O)N3CCCC3)ncn2)NNC=NCCN1CC1CC(Cl)=CC=C1Cl. The molecule has 0 bridgehead atoms. The van der Waals surface area contributed by atoms with Crippen molar-refractivity contribution < 1.29 is 4.79 Å². The number of carbonyl (C=O) groups excluding carboxylic acids is 1. The van der Waals surface area contributed by atoms with Crippen LogP contribution in [0.1, 0.15) is 36.7 Å². The van der Waals surface area contributed by atoms with Gasteiger partial charge in [0.15, 0.2) is 5.82 Å². The third kappa shape index (κ3) is 6.36. The van der Waals surface area contributed by atoms with E-state index in [9.17, 15) is 4.79 Å². The summed E-state index contributed by atoms with van der Waals surface area (Å²) in [6, 6.07) is 1.62. The maximum Gasteiger partial charge on any atom is 0.272 e. The minimum absolute atomic E-state index is 0.0893. The standard InChI is InChI=1S/C23H28Cl2N8O/c1-16-10-22(30-21-12-20(27-15-28-21)23(34)32-7-2-3-8-32)31-29-14-26-6-9-33(16)13-17-11-18(24)4-5-19(17)25/h4-5,10,12,14-15,17H,2-3,6-9,11,13H2,1H3,(H,26,29)(H,27,28,30,31)/b16-10+. The molecule has 2 aliphatic heterocycles. The number of likely N-dealkylation sites (tertiary alicyclic amines) is 1. The highest BCUT2D eigenvalue weighted by atomic mass is 35.5. The van der Waals surface area contributed by atoms with Gasteiger partial charge in [-0.05, 0) is 38.3 Å². The highest BCUT2D eigenvalue weighted by Crippen LogP contribution is 2.31. The van der Waals surface area contributed by atoms with Crippen LogP contribution in [-0.2, 0) is 0 Å². The molecule has 0 saturated carbocycles. The summed E-state index contributed by atoms with van der Waals surface area (Å²) in [5.74, 6) is 0.939. The molecule has 2 N–H and O–H groups in total. The van der Waals surface area contributed by atoms with Crippen LogP contribution in [0.25, 0.3) is 0 Å². The number of amides is 1. The highest BCUT2D eigenvalue weighted by molar-refractivity contribution is 6.32. The Labute approximate surface area is 209 Å². The first-order valence-electron chi connectivity index (χ1n) is 11.3. The number of amidine groups is 1. The number of carbonyl (C=O) groups is 1. The molecular weight excluding hydrogens is 475 g/mol. The fourth-order valence-corrected chi connectivity index (χ4v) is 4.51. The van der Waals surface area contributed by atoms with E-state index in [1.807, 2.05) is 30.1 Å². The molecule has 9 nitrogen and oxygen atoms in total. The Bertz CT molecular complexity index is 1060. The molecular formula is C23H28Cl2N8O. The number of rotatable bonds is 4. The Morgan fingerprint density at radius 2 is 2.03 bits per heavy atom. The Kier molecular flexibility index (Phi) is 8.18. The van der Waals surface area contributed by atoms with E-state index in [2.05, 4.69) is 35.7 Å². The topological polar surface area (TPSA) is 98.1 Å². The van der Waals surface area contributed by atoms with Crippen molar-refractivity contribution in [3.8, 4) is 0 Å². The van der Waals surface area contributed by atoms with Crippen molar-refractivity contribution in [1.82, 2.24) is 30.6 Å². The number of nitrogens with zero attached hydrogens (tertiary/aromatic N) is 6. The predicted octanol–water partition coefficient (Wildman–Crippen LogP) is 3.35. The number of aliphatic imine (C=N–C) groups is 2. The number of hydrogen-bond acceptors (Lipinski definition) is 7. The monoisotopic (exact) mass is 502 g/mol. The molecule has 1 amide bonds. The molecule has 180 valence electrons. The van der Waals surface area contributed by atoms with Crippen molar-refractivity contribution in [2.24, 2.45) is 15.9 Å². The van der Waals surface area contributed by atoms with E-state index in [-0.39, 0.29) is 11.8 Å². The molecule has 11 heteroatoms. The van der Waals surface area contributed by atoms with Crippen LogP contribution in [0.3, 0.4) is 0 Å². The number of nitrogens with one attached hydrogen (secondary N) is 2. The number of aromatic nitrogens is 2. The van der Waals surface area contributed by atoms with Gasteiger partial charge in [0.05, 0.1) is 6.54 Å². The van der Waals surface area contributed by atoms with Crippen LogP contribution >= 0.6 is 23.2 Å². The summed E-state index contributed by atoms with van der Waals surface area (Å²) in [6.45, 7) is 5.59. The highest BCUT2D eigenvalue weighted by Gasteiger charge is 2.22. The second kappa shape index (κ2) is 11.5. The van der Waals surface area contributed by atoms with Gasteiger partial charge in [0.1, 0.15) is 24.2 Å². The third-order valence-corrected chi connectivity index (χ3v) is 6.61. The van der Waals surface area contributed by atoms with Crippen LogP contribution in [0.2, 0.25) is 0 Å². The van der Waals surface area contributed by atoms with E-state index >= 15 is 0 Å². The van der Waals surface area contributed by atoms with Gasteiger partial charge in [-0.3, -0.25) is 20.6 Å². The summed E-state index contributed by atoms with van der Waals surface area (Å²) in [7, 11) is 0. The molecule has 1 saturated heterocycles. The zero-order valence-electron chi connectivity index (χ0n) is 19.0. The van der Waals surface area contributed by atoms with Gasteiger partial charge in [-0.15, -0.1) is 0 Å². The molecule has 0 spiro atoms. The summed E-state index contributed by atoms with van der Waals surface area (Å²) in [5.41, 5.74) is 7.30. The number of allylic oxidation sites excluding steroid dienone is 4. The van der Waals surface area contributed by atoms with E-state index in [0.29, 0.717) is 36.9 Å². The zero-order valence-corrected chi connectivity index (χ0v) is 20.6. The van der Waals surface area contributed by atoms with Gasteiger partial charge in [-0.25, -0.2) is 15.0 Å². The van der Waals surface area contributed by atoms with Crippen LogP contribution < -0.4 is 10.9 Å². The van der Waals surface area contributed by atoms with E-state index in [1.54, 1.807) is 12.4 Å². The molecule has 1 fully saturated rings. The molecule has 0 aromatic carbocycles. The Hall–Kier alpha value is -2.91. The van der Waals surface area contributed by atoms with Gasteiger partial charge >= 0.3 is 0 Å². The van der Waals surface area contributed by atoms with Crippen LogP contribution in [0.5, 0.6) is 0 Å². The summed E-state index contributed by atoms with van der Waals surface area (Å²) >= 11 is 12.7. The minimum Gasteiger partial charge on any atom is -0.372 e. The van der Waals surface area contributed by atoms with Crippen LogP contribution in [0.15, 0.2) is 56.4 Å². The minimum atomic E-state index is -0.0893. The number of hydrazine groups is 1.